The van der Waals surface area contributed by atoms with Crippen molar-refractivity contribution >= 4 is 10.2 Å². The van der Waals surface area contributed by atoms with Crippen molar-refractivity contribution in [1.29, 1.82) is 0 Å². The Balaban J connectivity index is 1.89. The fraction of sp³-hybridized carbons (Fsp3) is 1.00. The summed E-state index contributed by atoms with van der Waals surface area (Å²) in [6, 6.07) is 0. The molecular weight excluding hydrogens is 240 g/mol. The van der Waals surface area contributed by atoms with Crippen molar-refractivity contribution in [3.63, 3.8) is 0 Å². The highest BCUT2D eigenvalue weighted by Crippen LogP contribution is 2.26. The van der Waals surface area contributed by atoms with Gasteiger partial charge in [0.05, 0.1) is 13.2 Å². The molecule has 2 saturated heterocycles. The lowest BCUT2D eigenvalue weighted by atomic mass is 9.89. The van der Waals surface area contributed by atoms with Gasteiger partial charge in [-0.05, 0) is 18.8 Å². The number of hydrogen-bond acceptors (Lipinski definition) is 3. The zero-order valence-corrected chi connectivity index (χ0v) is 11.4. The number of rotatable bonds is 4. The largest absolute Gasteiger partial charge is 0.380 e. The highest BCUT2D eigenvalue weighted by molar-refractivity contribution is 7.87. The molecule has 5 nitrogen and oxygen atoms in total. The molecule has 2 aliphatic rings. The SMILES string of the molecule is C[C@H]1CCCN(S(=O)(=O)NCC2(C)COC2)C1. The normalized spacial score (nSPS) is 29.9. The van der Waals surface area contributed by atoms with Crippen LogP contribution in [0.3, 0.4) is 0 Å². The Morgan fingerprint density at radius 2 is 2.18 bits per heavy atom. The van der Waals surface area contributed by atoms with Crippen molar-refractivity contribution in [3.8, 4) is 0 Å². The molecule has 0 unspecified atom stereocenters. The number of nitrogens with zero attached hydrogens (tertiary/aromatic N) is 1. The number of ether oxygens (including phenoxy) is 1. The van der Waals surface area contributed by atoms with E-state index in [1.165, 1.54) is 0 Å². The van der Waals surface area contributed by atoms with Crippen molar-refractivity contribution in [2.45, 2.75) is 26.7 Å². The summed E-state index contributed by atoms with van der Waals surface area (Å²) < 4.78 is 33.6. The number of piperidine rings is 1. The molecule has 0 aromatic rings. The third-order valence-corrected chi connectivity index (χ3v) is 5.06. The highest BCUT2D eigenvalue weighted by Gasteiger charge is 2.36. The molecule has 0 radical (unpaired) electrons. The Morgan fingerprint density at radius 3 is 2.71 bits per heavy atom. The Labute approximate surface area is 104 Å². The summed E-state index contributed by atoms with van der Waals surface area (Å²) in [5.41, 5.74) is -0.0194. The Morgan fingerprint density at radius 1 is 1.47 bits per heavy atom. The molecule has 0 spiro atoms. The lowest BCUT2D eigenvalue weighted by molar-refractivity contribution is -0.0967. The summed E-state index contributed by atoms with van der Waals surface area (Å²) in [5, 5.41) is 0. The van der Waals surface area contributed by atoms with E-state index in [1.54, 1.807) is 4.31 Å². The lowest BCUT2D eigenvalue weighted by Crippen LogP contribution is -2.52. The average Bonchev–Trinajstić information content (AvgIpc) is 2.24. The van der Waals surface area contributed by atoms with Crippen LogP contribution in [0.5, 0.6) is 0 Å². The van der Waals surface area contributed by atoms with E-state index in [1.807, 2.05) is 6.92 Å². The van der Waals surface area contributed by atoms with E-state index in [9.17, 15) is 8.42 Å². The second-order valence-electron chi connectivity index (χ2n) is 5.74. The van der Waals surface area contributed by atoms with Gasteiger partial charge in [0.2, 0.25) is 0 Å². The van der Waals surface area contributed by atoms with Gasteiger partial charge < -0.3 is 4.74 Å². The zero-order chi connectivity index (χ0) is 12.5. The standard InChI is InChI=1S/C11H22N2O3S/c1-10-4-3-5-13(6-10)17(14,15)12-7-11(2)8-16-9-11/h10,12H,3-9H2,1-2H3/t10-/m0/s1. The third-order valence-electron chi connectivity index (χ3n) is 3.54. The minimum absolute atomic E-state index is 0.0194. The average molecular weight is 262 g/mol. The van der Waals surface area contributed by atoms with E-state index in [0.29, 0.717) is 38.8 Å². The first kappa shape index (κ1) is 13.3. The van der Waals surface area contributed by atoms with Crippen LogP contribution in [0.15, 0.2) is 0 Å². The minimum Gasteiger partial charge on any atom is -0.380 e. The summed E-state index contributed by atoms with van der Waals surface area (Å²) in [4.78, 5) is 0. The second kappa shape index (κ2) is 4.84. The molecule has 6 heteroatoms. The molecule has 2 aliphatic heterocycles. The van der Waals surface area contributed by atoms with Gasteiger partial charge in [-0.25, -0.2) is 4.72 Å². The van der Waals surface area contributed by atoms with Crippen LogP contribution in [-0.4, -0.2) is 45.6 Å². The maximum Gasteiger partial charge on any atom is 0.279 e. The first-order valence-electron chi connectivity index (χ1n) is 6.24. The van der Waals surface area contributed by atoms with E-state index >= 15 is 0 Å². The molecule has 1 N–H and O–H groups in total. The minimum atomic E-state index is -3.30. The van der Waals surface area contributed by atoms with Crippen LogP contribution in [0, 0.1) is 11.3 Å². The molecular formula is C11H22N2O3S. The summed E-state index contributed by atoms with van der Waals surface area (Å²) in [5.74, 6) is 0.461. The van der Waals surface area contributed by atoms with Crippen molar-refractivity contribution in [2.24, 2.45) is 11.3 Å². The number of hydrogen-bond donors (Lipinski definition) is 1. The van der Waals surface area contributed by atoms with Crippen LogP contribution in [0.4, 0.5) is 0 Å². The topological polar surface area (TPSA) is 58.6 Å². The highest BCUT2D eigenvalue weighted by atomic mass is 32.2. The molecule has 2 heterocycles. The molecule has 1 atom stereocenters. The van der Waals surface area contributed by atoms with Gasteiger partial charge in [-0.3, -0.25) is 0 Å². The van der Waals surface area contributed by atoms with Gasteiger partial charge >= 0.3 is 0 Å². The van der Waals surface area contributed by atoms with Crippen molar-refractivity contribution in [1.82, 2.24) is 9.03 Å². The molecule has 2 fully saturated rings. The van der Waals surface area contributed by atoms with Crippen LogP contribution in [0.2, 0.25) is 0 Å². The predicted molar refractivity (Wildman–Crippen MR) is 65.8 cm³/mol. The Hall–Kier alpha value is -0.170. The fourth-order valence-corrected chi connectivity index (χ4v) is 3.81. The summed E-state index contributed by atoms with van der Waals surface area (Å²) in [7, 11) is -3.30. The summed E-state index contributed by atoms with van der Waals surface area (Å²) in [6.07, 6.45) is 2.08. The van der Waals surface area contributed by atoms with E-state index in [-0.39, 0.29) is 5.41 Å². The summed E-state index contributed by atoms with van der Waals surface area (Å²) >= 11 is 0. The van der Waals surface area contributed by atoms with Crippen LogP contribution in [0.1, 0.15) is 26.7 Å². The van der Waals surface area contributed by atoms with Gasteiger partial charge in [0.15, 0.2) is 0 Å². The quantitative estimate of drug-likeness (QED) is 0.806. The van der Waals surface area contributed by atoms with E-state index in [2.05, 4.69) is 11.6 Å². The maximum atomic E-state index is 12.1. The first-order valence-corrected chi connectivity index (χ1v) is 7.68. The van der Waals surface area contributed by atoms with Gasteiger partial charge in [0, 0.05) is 25.0 Å². The molecule has 100 valence electrons. The summed E-state index contributed by atoms with van der Waals surface area (Å²) in [6.45, 7) is 7.19. The smallest absolute Gasteiger partial charge is 0.279 e. The molecule has 0 aromatic carbocycles. The molecule has 0 bridgehead atoms. The molecule has 0 saturated carbocycles. The maximum absolute atomic E-state index is 12.1. The predicted octanol–water partition coefficient (Wildman–Crippen LogP) is 0.589. The zero-order valence-electron chi connectivity index (χ0n) is 10.6. The Kier molecular flexibility index (Phi) is 3.77. The van der Waals surface area contributed by atoms with Crippen molar-refractivity contribution in [2.75, 3.05) is 32.8 Å². The van der Waals surface area contributed by atoms with Crippen LogP contribution >= 0.6 is 0 Å². The first-order chi connectivity index (χ1) is 7.91. The van der Waals surface area contributed by atoms with E-state index in [0.717, 1.165) is 12.8 Å². The third kappa shape index (κ3) is 3.19. The van der Waals surface area contributed by atoms with Gasteiger partial charge in [0.1, 0.15) is 0 Å². The Bertz CT molecular complexity index is 365. The van der Waals surface area contributed by atoms with Crippen LogP contribution < -0.4 is 4.72 Å². The van der Waals surface area contributed by atoms with E-state index in [4.69, 9.17) is 4.74 Å². The fourth-order valence-electron chi connectivity index (χ4n) is 2.27. The molecule has 2 rings (SSSR count). The van der Waals surface area contributed by atoms with Gasteiger partial charge in [-0.2, -0.15) is 12.7 Å². The molecule has 17 heavy (non-hydrogen) atoms. The monoisotopic (exact) mass is 262 g/mol. The molecule has 0 amide bonds. The van der Waals surface area contributed by atoms with Crippen molar-refractivity contribution in [3.05, 3.63) is 0 Å². The van der Waals surface area contributed by atoms with Crippen molar-refractivity contribution < 1.29 is 13.2 Å². The van der Waals surface area contributed by atoms with Gasteiger partial charge in [0.25, 0.3) is 10.2 Å². The van der Waals surface area contributed by atoms with Gasteiger partial charge in [-0.15, -0.1) is 0 Å². The molecule has 0 aromatic heterocycles. The number of nitrogens with one attached hydrogen (secondary N) is 1. The van der Waals surface area contributed by atoms with Gasteiger partial charge in [-0.1, -0.05) is 13.8 Å². The molecule has 0 aliphatic carbocycles. The van der Waals surface area contributed by atoms with E-state index < -0.39 is 10.2 Å². The second-order valence-corrected chi connectivity index (χ2v) is 7.49. The van der Waals surface area contributed by atoms with Crippen LogP contribution in [-0.2, 0) is 14.9 Å². The lowest BCUT2D eigenvalue weighted by Gasteiger charge is -2.39. The van der Waals surface area contributed by atoms with Crippen LogP contribution in [0.25, 0.3) is 0 Å².